The van der Waals surface area contributed by atoms with Gasteiger partial charge in [0.15, 0.2) is 0 Å². The number of carbonyl (C=O) groups excluding carboxylic acids is 1. The molecule has 1 amide bonds. The number of hydrogen-bond acceptors (Lipinski definition) is 3. The third kappa shape index (κ3) is 2.43. The van der Waals surface area contributed by atoms with Crippen LogP contribution < -0.4 is 16.8 Å². The van der Waals surface area contributed by atoms with E-state index in [-0.39, 0.29) is 11.6 Å². The van der Waals surface area contributed by atoms with Crippen LogP contribution in [0.25, 0.3) is 0 Å². The maximum atomic E-state index is 12.7. The van der Waals surface area contributed by atoms with E-state index in [0.717, 1.165) is 0 Å². The number of rotatable bonds is 2. The van der Waals surface area contributed by atoms with Gasteiger partial charge in [0.25, 0.3) is 0 Å². The summed E-state index contributed by atoms with van der Waals surface area (Å²) in [5, 5.41) is 2.50. The monoisotopic (exact) mass is 197 g/mol. The zero-order valence-corrected chi connectivity index (χ0v) is 7.75. The molecule has 0 saturated carbocycles. The maximum Gasteiger partial charge on any atom is 0.240 e. The molecule has 0 aliphatic heterocycles. The number of nitrogens with one attached hydrogen (secondary N) is 1. The van der Waals surface area contributed by atoms with Gasteiger partial charge in [0.1, 0.15) is 5.82 Å². The number of halogens is 1. The Morgan fingerprint density at radius 3 is 2.71 bits per heavy atom. The van der Waals surface area contributed by atoms with Gasteiger partial charge in [0.05, 0.1) is 11.7 Å². The average Bonchev–Trinajstić information content (AvgIpc) is 2.11. The lowest BCUT2D eigenvalue weighted by Gasteiger charge is -2.08. The molecule has 0 aliphatic carbocycles. The molecule has 0 saturated heterocycles. The highest BCUT2D eigenvalue weighted by Gasteiger charge is 2.08. The summed E-state index contributed by atoms with van der Waals surface area (Å²) in [6, 6.07) is 3.34. The molecule has 76 valence electrons. The summed E-state index contributed by atoms with van der Waals surface area (Å²) < 4.78 is 12.7. The van der Waals surface area contributed by atoms with Crippen LogP contribution >= 0.6 is 0 Å². The van der Waals surface area contributed by atoms with Gasteiger partial charge in [-0.2, -0.15) is 0 Å². The van der Waals surface area contributed by atoms with Crippen molar-refractivity contribution in [3.05, 3.63) is 24.0 Å². The standard InChI is InChI=1S/C9H12FN3O/c1-5(11)9(14)13-6-2-3-7(10)8(12)4-6/h2-5H,11-12H2,1H3,(H,13,14)/t5-/m0/s1. The Labute approximate surface area is 81.1 Å². The first-order valence-electron chi connectivity index (χ1n) is 4.12. The SMILES string of the molecule is C[C@H](N)C(=O)Nc1ccc(F)c(N)c1. The number of nitrogen functional groups attached to an aromatic ring is 1. The van der Waals surface area contributed by atoms with Crippen molar-refractivity contribution < 1.29 is 9.18 Å². The third-order valence-corrected chi connectivity index (χ3v) is 1.68. The van der Waals surface area contributed by atoms with Crippen molar-refractivity contribution in [2.75, 3.05) is 11.1 Å². The topological polar surface area (TPSA) is 81.1 Å². The molecule has 4 nitrogen and oxygen atoms in total. The normalized spacial score (nSPS) is 12.2. The van der Waals surface area contributed by atoms with E-state index in [2.05, 4.69) is 5.32 Å². The van der Waals surface area contributed by atoms with E-state index in [9.17, 15) is 9.18 Å². The molecule has 14 heavy (non-hydrogen) atoms. The molecule has 0 aromatic heterocycles. The molecule has 0 radical (unpaired) electrons. The van der Waals surface area contributed by atoms with Crippen molar-refractivity contribution in [1.29, 1.82) is 0 Å². The number of nitrogens with two attached hydrogens (primary N) is 2. The molecule has 0 bridgehead atoms. The van der Waals surface area contributed by atoms with Crippen LogP contribution in [-0.4, -0.2) is 11.9 Å². The Balaban J connectivity index is 2.78. The molecule has 0 spiro atoms. The van der Waals surface area contributed by atoms with Crippen molar-refractivity contribution in [3.63, 3.8) is 0 Å². The second kappa shape index (κ2) is 4.06. The fourth-order valence-corrected chi connectivity index (χ4v) is 0.878. The van der Waals surface area contributed by atoms with Gasteiger partial charge in [-0.1, -0.05) is 0 Å². The molecule has 5 N–H and O–H groups in total. The summed E-state index contributed by atoms with van der Waals surface area (Å²) in [5.74, 6) is -0.847. The van der Waals surface area contributed by atoms with E-state index >= 15 is 0 Å². The van der Waals surface area contributed by atoms with Crippen LogP contribution in [0.2, 0.25) is 0 Å². The molecule has 1 aromatic rings. The smallest absolute Gasteiger partial charge is 0.240 e. The quantitative estimate of drug-likeness (QED) is 0.610. The van der Waals surface area contributed by atoms with Crippen LogP contribution in [0, 0.1) is 5.82 Å². The molecule has 1 atom stereocenters. The highest BCUT2D eigenvalue weighted by atomic mass is 19.1. The van der Waals surface area contributed by atoms with E-state index in [4.69, 9.17) is 11.5 Å². The lowest BCUT2D eigenvalue weighted by Crippen LogP contribution is -2.32. The van der Waals surface area contributed by atoms with Crippen molar-refractivity contribution in [3.8, 4) is 0 Å². The molecule has 5 heteroatoms. The van der Waals surface area contributed by atoms with Gasteiger partial charge in [-0.05, 0) is 25.1 Å². The summed E-state index contributed by atoms with van der Waals surface area (Å²) in [4.78, 5) is 11.1. The van der Waals surface area contributed by atoms with Crippen LogP contribution in [0.5, 0.6) is 0 Å². The maximum absolute atomic E-state index is 12.7. The third-order valence-electron chi connectivity index (χ3n) is 1.68. The van der Waals surface area contributed by atoms with E-state index < -0.39 is 11.9 Å². The Bertz CT molecular complexity index is 352. The Hall–Kier alpha value is -1.62. The van der Waals surface area contributed by atoms with Crippen molar-refractivity contribution in [2.45, 2.75) is 13.0 Å². The van der Waals surface area contributed by atoms with Crippen LogP contribution in [-0.2, 0) is 4.79 Å². The van der Waals surface area contributed by atoms with Gasteiger partial charge in [-0.15, -0.1) is 0 Å². The zero-order valence-electron chi connectivity index (χ0n) is 7.75. The number of benzene rings is 1. The highest BCUT2D eigenvalue weighted by molar-refractivity contribution is 5.94. The van der Waals surface area contributed by atoms with Crippen molar-refractivity contribution >= 4 is 17.3 Å². The van der Waals surface area contributed by atoms with Crippen LogP contribution in [0.15, 0.2) is 18.2 Å². The largest absolute Gasteiger partial charge is 0.396 e. The lowest BCUT2D eigenvalue weighted by molar-refractivity contribution is -0.117. The molecule has 1 rings (SSSR count). The molecule has 0 unspecified atom stereocenters. The molecule has 1 aromatic carbocycles. The Kier molecular flexibility index (Phi) is 3.03. The fourth-order valence-electron chi connectivity index (χ4n) is 0.878. The second-order valence-corrected chi connectivity index (χ2v) is 3.01. The Morgan fingerprint density at radius 1 is 1.57 bits per heavy atom. The zero-order chi connectivity index (χ0) is 10.7. The number of hydrogen-bond donors (Lipinski definition) is 3. The first kappa shape index (κ1) is 10.5. The molecular formula is C9H12FN3O. The fraction of sp³-hybridized carbons (Fsp3) is 0.222. The highest BCUT2D eigenvalue weighted by Crippen LogP contribution is 2.16. The minimum absolute atomic E-state index is 0.00697. The Morgan fingerprint density at radius 2 is 2.21 bits per heavy atom. The van der Waals surface area contributed by atoms with Gasteiger partial charge in [-0.25, -0.2) is 4.39 Å². The summed E-state index contributed by atoms with van der Waals surface area (Å²) >= 11 is 0. The van der Waals surface area contributed by atoms with E-state index in [1.54, 1.807) is 6.92 Å². The molecule has 0 fully saturated rings. The summed E-state index contributed by atoms with van der Waals surface area (Å²) in [6.45, 7) is 1.56. The molecule has 0 heterocycles. The number of carbonyl (C=O) groups is 1. The van der Waals surface area contributed by atoms with Gasteiger partial charge >= 0.3 is 0 Å². The average molecular weight is 197 g/mol. The van der Waals surface area contributed by atoms with Crippen molar-refractivity contribution in [1.82, 2.24) is 0 Å². The summed E-state index contributed by atoms with van der Waals surface area (Å²) in [7, 11) is 0. The van der Waals surface area contributed by atoms with Crippen LogP contribution in [0.4, 0.5) is 15.8 Å². The second-order valence-electron chi connectivity index (χ2n) is 3.01. The summed E-state index contributed by atoms with van der Waals surface area (Å²) in [5.41, 5.74) is 11.1. The predicted octanol–water partition coefficient (Wildman–Crippen LogP) is 0.694. The number of amides is 1. The summed E-state index contributed by atoms with van der Waals surface area (Å²) in [6.07, 6.45) is 0. The minimum atomic E-state index is -0.610. The predicted molar refractivity (Wildman–Crippen MR) is 53.1 cm³/mol. The van der Waals surface area contributed by atoms with Crippen molar-refractivity contribution in [2.24, 2.45) is 5.73 Å². The van der Waals surface area contributed by atoms with Gasteiger partial charge in [0, 0.05) is 5.69 Å². The van der Waals surface area contributed by atoms with E-state index in [1.165, 1.54) is 18.2 Å². The first-order chi connectivity index (χ1) is 6.50. The number of anilines is 2. The molecular weight excluding hydrogens is 185 g/mol. The minimum Gasteiger partial charge on any atom is -0.396 e. The van der Waals surface area contributed by atoms with Gasteiger partial charge < -0.3 is 16.8 Å². The lowest BCUT2D eigenvalue weighted by atomic mass is 10.2. The molecule has 0 aliphatic rings. The van der Waals surface area contributed by atoms with Crippen LogP contribution in [0.1, 0.15) is 6.92 Å². The van der Waals surface area contributed by atoms with E-state index in [0.29, 0.717) is 5.69 Å². The van der Waals surface area contributed by atoms with Gasteiger partial charge in [0.2, 0.25) is 5.91 Å². The van der Waals surface area contributed by atoms with E-state index in [1.807, 2.05) is 0 Å². The van der Waals surface area contributed by atoms with Crippen LogP contribution in [0.3, 0.4) is 0 Å². The van der Waals surface area contributed by atoms with Gasteiger partial charge in [-0.3, -0.25) is 4.79 Å². The first-order valence-corrected chi connectivity index (χ1v) is 4.12.